The third-order valence-electron chi connectivity index (χ3n) is 3.60. The normalized spacial score (nSPS) is 20.2. The molecule has 4 heteroatoms. The van der Waals surface area contributed by atoms with E-state index in [-0.39, 0.29) is 18.1 Å². The first kappa shape index (κ1) is 14.0. The average molecular weight is 302 g/mol. The van der Waals surface area contributed by atoms with Gasteiger partial charge in [0.2, 0.25) is 0 Å². The van der Waals surface area contributed by atoms with Crippen LogP contribution in [0.2, 0.25) is 5.02 Å². The van der Waals surface area contributed by atoms with Crippen molar-refractivity contribution in [1.29, 1.82) is 0 Å². The standard InChI is InChI=1S/C17H16ClNO2/c1-2-21-17(20)16-15(12-8-10-13(18)11-9-12)19(16)14-6-4-3-5-7-14/h3-11,15-16H,2H2,1H3/t15?,16-,19?/m0/s1. The highest BCUT2D eigenvalue weighted by molar-refractivity contribution is 6.30. The zero-order chi connectivity index (χ0) is 14.8. The summed E-state index contributed by atoms with van der Waals surface area (Å²) in [6, 6.07) is 17.3. The molecule has 2 aromatic carbocycles. The minimum atomic E-state index is -0.256. The van der Waals surface area contributed by atoms with Gasteiger partial charge in [-0.3, -0.25) is 0 Å². The van der Waals surface area contributed by atoms with Gasteiger partial charge in [0.15, 0.2) is 6.04 Å². The first-order valence-corrected chi connectivity index (χ1v) is 7.35. The van der Waals surface area contributed by atoms with E-state index in [1.807, 2.05) is 61.5 Å². The maximum Gasteiger partial charge on any atom is 0.331 e. The van der Waals surface area contributed by atoms with Crippen molar-refractivity contribution in [3.05, 3.63) is 65.2 Å². The number of hydrogen-bond acceptors (Lipinski definition) is 3. The van der Waals surface area contributed by atoms with E-state index < -0.39 is 0 Å². The van der Waals surface area contributed by atoms with Gasteiger partial charge in [-0.15, -0.1) is 0 Å². The van der Waals surface area contributed by atoms with Crippen molar-refractivity contribution in [2.24, 2.45) is 0 Å². The Morgan fingerprint density at radius 2 is 1.81 bits per heavy atom. The molecule has 0 N–H and O–H groups in total. The Kier molecular flexibility index (Phi) is 3.84. The Morgan fingerprint density at radius 3 is 2.43 bits per heavy atom. The van der Waals surface area contributed by atoms with Crippen LogP contribution in [0.4, 0.5) is 5.69 Å². The molecule has 21 heavy (non-hydrogen) atoms. The van der Waals surface area contributed by atoms with E-state index in [0.29, 0.717) is 11.6 Å². The fourth-order valence-electron chi connectivity index (χ4n) is 2.63. The number of benzene rings is 2. The number of para-hydroxylation sites is 1. The molecule has 1 heterocycles. The second kappa shape index (κ2) is 5.78. The van der Waals surface area contributed by atoms with Gasteiger partial charge < -0.3 is 9.64 Å². The van der Waals surface area contributed by atoms with Crippen molar-refractivity contribution in [3.63, 3.8) is 0 Å². The molecule has 0 aliphatic carbocycles. The van der Waals surface area contributed by atoms with Crippen LogP contribution in [0.5, 0.6) is 0 Å². The van der Waals surface area contributed by atoms with Gasteiger partial charge >= 0.3 is 5.97 Å². The predicted molar refractivity (Wildman–Crippen MR) is 83.5 cm³/mol. The van der Waals surface area contributed by atoms with Crippen molar-refractivity contribution >= 4 is 23.3 Å². The molecule has 1 aliphatic heterocycles. The summed E-state index contributed by atoms with van der Waals surface area (Å²) in [6.45, 7) is 2.22. The molecule has 2 aromatic rings. The third-order valence-corrected chi connectivity index (χ3v) is 3.85. The fourth-order valence-corrected chi connectivity index (χ4v) is 2.75. The number of ether oxygens (including phenoxy) is 1. The van der Waals surface area contributed by atoms with E-state index in [2.05, 4.69) is 4.90 Å². The zero-order valence-electron chi connectivity index (χ0n) is 11.7. The lowest BCUT2D eigenvalue weighted by Gasteiger charge is -2.05. The number of esters is 1. The van der Waals surface area contributed by atoms with Crippen LogP contribution in [-0.2, 0) is 9.53 Å². The quantitative estimate of drug-likeness (QED) is 0.635. The molecular weight excluding hydrogens is 286 g/mol. The van der Waals surface area contributed by atoms with Crippen molar-refractivity contribution in [3.8, 4) is 0 Å². The Morgan fingerprint density at radius 1 is 1.14 bits per heavy atom. The van der Waals surface area contributed by atoms with Gasteiger partial charge in [0, 0.05) is 10.7 Å². The molecule has 3 nitrogen and oxygen atoms in total. The second-order valence-corrected chi connectivity index (χ2v) is 5.37. The van der Waals surface area contributed by atoms with Gasteiger partial charge in [-0.1, -0.05) is 41.9 Å². The first-order chi connectivity index (χ1) is 10.2. The van der Waals surface area contributed by atoms with Crippen molar-refractivity contribution in [1.82, 2.24) is 0 Å². The molecule has 1 fully saturated rings. The van der Waals surface area contributed by atoms with E-state index in [0.717, 1.165) is 11.3 Å². The smallest absolute Gasteiger partial charge is 0.331 e. The maximum absolute atomic E-state index is 12.1. The third kappa shape index (κ3) is 2.74. The highest BCUT2D eigenvalue weighted by Gasteiger charge is 2.54. The molecule has 3 rings (SSSR count). The summed E-state index contributed by atoms with van der Waals surface area (Å²) < 4.78 is 5.19. The summed E-state index contributed by atoms with van der Waals surface area (Å²) in [4.78, 5) is 14.2. The van der Waals surface area contributed by atoms with Crippen molar-refractivity contribution in [2.45, 2.75) is 19.0 Å². The lowest BCUT2D eigenvalue weighted by Crippen LogP contribution is -2.15. The maximum atomic E-state index is 12.1. The summed E-state index contributed by atoms with van der Waals surface area (Å²) in [5, 5.41) is 0.693. The minimum Gasteiger partial charge on any atom is -0.464 e. The van der Waals surface area contributed by atoms with Crippen LogP contribution in [0.25, 0.3) is 0 Å². The van der Waals surface area contributed by atoms with Gasteiger partial charge in [-0.05, 0) is 36.8 Å². The monoisotopic (exact) mass is 301 g/mol. The molecule has 1 saturated heterocycles. The van der Waals surface area contributed by atoms with Gasteiger partial charge in [-0.2, -0.15) is 0 Å². The zero-order valence-corrected chi connectivity index (χ0v) is 12.5. The fraction of sp³-hybridized carbons (Fsp3) is 0.235. The molecule has 0 bridgehead atoms. The number of halogens is 1. The van der Waals surface area contributed by atoms with E-state index in [1.165, 1.54) is 0 Å². The summed E-state index contributed by atoms with van der Waals surface area (Å²) in [6.07, 6.45) is 0. The Labute approximate surface area is 129 Å². The average Bonchev–Trinajstić information content (AvgIpc) is 3.25. The van der Waals surface area contributed by atoms with Gasteiger partial charge in [0.1, 0.15) is 0 Å². The number of anilines is 1. The molecule has 1 aliphatic rings. The largest absolute Gasteiger partial charge is 0.464 e. The topological polar surface area (TPSA) is 29.3 Å². The summed E-state index contributed by atoms with van der Waals surface area (Å²) in [5.41, 5.74) is 2.09. The second-order valence-electron chi connectivity index (χ2n) is 4.94. The van der Waals surface area contributed by atoms with Crippen LogP contribution < -0.4 is 4.90 Å². The van der Waals surface area contributed by atoms with E-state index >= 15 is 0 Å². The molecule has 0 amide bonds. The Bertz CT molecular complexity index is 627. The highest BCUT2D eigenvalue weighted by Crippen LogP contribution is 2.47. The molecule has 0 aromatic heterocycles. The van der Waals surface area contributed by atoms with Gasteiger partial charge in [0.25, 0.3) is 0 Å². The predicted octanol–water partition coefficient (Wildman–Crippen LogP) is 3.83. The molecule has 2 atom stereocenters. The number of hydrogen-bond donors (Lipinski definition) is 0. The number of nitrogens with zero attached hydrogens (tertiary/aromatic N) is 1. The molecule has 0 spiro atoms. The van der Waals surface area contributed by atoms with Crippen molar-refractivity contribution < 1.29 is 9.53 Å². The van der Waals surface area contributed by atoms with E-state index in [4.69, 9.17) is 16.3 Å². The molecule has 1 unspecified atom stereocenters. The molecule has 0 saturated carbocycles. The van der Waals surface area contributed by atoms with Crippen LogP contribution in [0.3, 0.4) is 0 Å². The summed E-state index contributed by atoms with van der Waals surface area (Å²) in [7, 11) is 0. The van der Waals surface area contributed by atoms with Crippen LogP contribution in [0.15, 0.2) is 54.6 Å². The Hall–Kier alpha value is -2.00. The summed E-state index contributed by atoms with van der Waals surface area (Å²) in [5.74, 6) is -0.179. The SMILES string of the molecule is CCOC(=O)[C@@H]1C(c2ccc(Cl)cc2)N1c1ccccc1. The molecule has 108 valence electrons. The summed E-state index contributed by atoms with van der Waals surface area (Å²) >= 11 is 5.93. The number of carbonyl (C=O) groups excluding carboxylic acids is 1. The molecule has 0 radical (unpaired) electrons. The lowest BCUT2D eigenvalue weighted by atomic mass is 10.1. The highest BCUT2D eigenvalue weighted by atomic mass is 35.5. The molecular formula is C17H16ClNO2. The van der Waals surface area contributed by atoms with Crippen LogP contribution >= 0.6 is 11.6 Å². The van der Waals surface area contributed by atoms with Crippen molar-refractivity contribution in [2.75, 3.05) is 11.5 Å². The van der Waals surface area contributed by atoms with E-state index in [9.17, 15) is 4.79 Å². The van der Waals surface area contributed by atoms with Gasteiger partial charge in [-0.25, -0.2) is 4.79 Å². The van der Waals surface area contributed by atoms with Crippen LogP contribution in [-0.4, -0.2) is 18.6 Å². The number of rotatable bonds is 4. The minimum absolute atomic E-state index is 0.0173. The Balaban J connectivity index is 1.89. The lowest BCUT2D eigenvalue weighted by molar-refractivity contribution is -0.142. The van der Waals surface area contributed by atoms with Gasteiger partial charge in [0.05, 0.1) is 12.6 Å². The van der Waals surface area contributed by atoms with Crippen LogP contribution in [0.1, 0.15) is 18.5 Å². The number of carbonyl (C=O) groups is 1. The van der Waals surface area contributed by atoms with E-state index in [1.54, 1.807) is 0 Å². The first-order valence-electron chi connectivity index (χ1n) is 6.98. The van der Waals surface area contributed by atoms with Crippen LogP contribution in [0, 0.1) is 0 Å².